The standard InChI is InChI=1S/C24H21Cl2N3O/c25-21-9-8-16(13-22(21)26)19(20-15-29-23-7-2-1-6-18(20)23)14-24(30)28-12-10-17-5-3-4-11-27-17/h1-9,11,13,15,19,29H,10,12,14H2,(H,28,30)/t19-/m0/s1. The van der Waals surface area contributed by atoms with Gasteiger partial charge in [-0.3, -0.25) is 9.78 Å². The van der Waals surface area contributed by atoms with Crippen LogP contribution in [0.5, 0.6) is 0 Å². The summed E-state index contributed by atoms with van der Waals surface area (Å²) in [7, 11) is 0. The molecule has 1 amide bonds. The average Bonchev–Trinajstić information content (AvgIpc) is 3.19. The van der Waals surface area contributed by atoms with Gasteiger partial charge in [-0.1, -0.05) is 53.5 Å². The van der Waals surface area contributed by atoms with E-state index in [9.17, 15) is 4.79 Å². The number of hydrogen-bond acceptors (Lipinski definition) is 2. The minimum atomic E-state index is -0.147. The molecule has 0 spiro atoms. The molecule has 0 bridgehead atoms. The number of amides is 1. The lowest BCUT2D eigenvalue weighted by molar-refractivity contribution is -0.121. The molecular formula is C24H21Cl2N3O. The number of carbonyl (C=O) groups is 1. The highest BCUT2D eigenvalue weighted by Crippen LogP contribution is 2.36. The fourth-order valence-corrected chi connectivity index (χ4v) is 3.96. The molecule has 152 valence electrons. The first kappa shape index (κ1) is 20.5. The van der Waals surface area contributed by atoms with E-state index in [0.717, 1.165) is 27.7 Å². The first-order chi connectivity index (χ1) is 14.6. The highest BCUT2D eigenvalue weighted by molar-refractivity contribution is 6.42. The molecule has 2 aromatic heterocycles. The lowest BCUT2D eigenvalue weighted by atomic mass is 9.88. The van der Waals surface area contributed by atoms with Crippen molar-refractivity contribution in [2.75, 3.05) is 6.54 Å². The number of rotatable bonds is 7. The molecule has 0 aliphatic rings. The maximum Gasteiger partial charge on any atom is 0.220 e. The summed E-state index contributed by atoms with van der Waals surface area (Å²) in [6.07, 6.45) is 4.73. The van der Waals surface area contributed by atoms with Crippen molar-refractivity contribution in [3.05, 3.63) is 99.9 Å². The van der Waals surface area contributed by atoms with Crippen molar-refractivity contribution in [2.24, 2.45) is 0 Å². The zero-order valence-corrected chi connectivity index (χ0v) is 17.8. The third-order valence-corrected chi connectivity index (χ3v) is 5.90. The molecule has 4 nitrogen and oxygen atoms in total. The van der Waals surface area contributed by atoms with Gasteiger partial charge in [0.15, 0.2) is 0 Å². The second kappa shape index (κ2) is 9.33. The molecule has 2 aromatic carbocycles. The third kappa shape index (κ3) is 4.66. The predicted octanol–water partition coefficient (Wildman–Crippen LogP) is 5.75. The molecule has 6 heteroatoms. The number of H-pyrrole nitrogens is 1. The lowest BCUT2D eigenvalue weighted by Gasteiger charge is -2.18. The summed E-state index contributed by atoms with van der Waals surface area (Å²) in [5, 5.41) is 5.09. The Labute approximate surface area is 185 Å². The number of nitrogens with zero attached hydrogens (tertiary/aromatic N) is 1. The van der Waals surface area contributed by atoms with E-state index in [1.807, 2.05) is 54.7 Å². The molecule has 1 atom stereocenters. The summed E-state index contributed by atoms with van der Waals surface area (Å²) in [6, 6.07) is 19.4. The minimum absolute atomic E-state index is 0.0210. The zero-order chi connectivity index (χ0) is 20.9. The number of hydrogen-bond donors (Lipinski definition) is 2. The van der Waals surface area contributed by atoms with Gasteiger partial charge in [-0.15, -0.1) is 0 Å². The molecule has 4 aromatic rings. The Bertz CT molecular complexity index is 1160. The van der Waals surface area contributed by atoms with Gasteiger partial charge in [0.25, 0.3) is 0 Å². The van der Waals surface area contributed by atoms with Gasteiger partial charge >= 0.3 is 0 Å². The molecule has 0 saturated heterocycles. The number of aromatic amines is 1. The van der Waals surface area contributed by atoms with Gasteiger partial charge in [-0.2, -0.15) is 0 Å². The van der Waals surface area contributed by atoms with Crippen LogP contribution in [-0.2, 0) is 11.2 Å². The summed E-state index contributed by atoms with van der Waals surface area (Å²) in [6.45, 7) is 0.540. The molecule has 30 heavy (non-hydrogen) atoms. The molecule has 2 N–H and O–H groups in total. The lowest BCUT2D eigenvalue weighted by Crippen LogP contribution is -2.27. The van der Waals surface area contributed by atoms with E-state index in [1.54, 1.807) is 12.3 Å². The number of nitrogens with one attached hydrogen (secondary N) is 2. The van der Waals surface area contributed by atoms with Gasteiger partial charge in [-0.25, -0.2) is 0 Å². The Morgan fingerprint density at radius 2 is 1.87 bits per heavy atom. The number of pyridine rings is 1. The van der Waals surface area contributed by atoms with Crippen LogP contribution in [0, 0.1) is 0 Å². The van der Waals surface area contributed by atoms with E-state index in [0.29, 0.717) is 29.4 Å². The monoisotopic (exact) mass is 437 g/mol. The van der Waals surface area contributed by atoms with Crippen LogP contribution in [0.4, 0.5) is 0 Å². The quantitative estimate of drug-likeness (QED) is 0.386. The summed E-state index contributed by atoms with van der Waals surface area (Å²) < 4.78 is 0. The molecule has 0 aliphatic heterocycles. The van der Waals surface area contributed by atoms with E-state index in [2.05, 4.69) is 21.4 Å². The second-order valence-corrected chi connectivity index (χ2v) is 7.96. The Balaban J connectivity index is 1.56. The Kier molecular flexibility index (Phi) is 6.36. The van der Waals surface area contributed by atoms with Crippen molar-refractivity contribution in [1.29, 1.82) is 0 Å². The van der Waals surface area contributed by atoms with Crippen molar-refractivity contribution >= 4 is 40.0 Å². The Hall–Kier alpha value is -2.82. The zero-order valence-electron chi connectivity index (χ0n) is 16.2. The first-order valence-corrected chi connectivity index (χ1v) is 10.5. The van der Waals surface area contributed by atoms with Crippen LogP contribution in [0.3, 0.4) is 0 Å². The van der Waals surface area contributed by atoms with Gasteiger partial charge in [0.05, 0.1) is 10.0 Å². The summed E-state index contributed by atoms with van der Waals surface area (Å²) in [5.74, 6) is -0.168. The van der Waals surface area contributed by atoms with Crippen LogP contribution < -0.4 is 5.32 Å². The van der Waals surface area contributed by atoms with Crippen molar-refractivity contribution in [1.82, 2.24) is 15.3 Å². The Morgan fingerprint density at radius 3 is 2.67 bits per heavy atom. The van der Waals surface area contributed by atoms with Crippen molar-refractivity contribution < 1.29 is 4.79 Å². The molecule has 2 heterocycles. The highest BCUT2D eigenvalue weighted by Gasteiger charge is 2.22. The maximum absolute atomic E-state index is 12.8. The van der Waals surface area contributed by atoms with Gasteiger partial charge in [0, 0.05) is 54.3 Å². The van der Waals surface area contributed by atoms with Crippen molar-refractivity contribution in [3.63, 3.8) is 0 Å². The summed E-state index contributed by atoms with van der Waals surface area (Å²) in [5.41, 5.74) is 4.00. The number of halogens is 2. The van der Waals surface area contributed by atoms with Gasteiger partial charge < -0.3 is 10.3 Å². The van der Waals surface area contributed by atoms with Crippen molar-refractivity contribution in [3.8, 4) is 0 Å². The van der Waals surface area contributed by atoms with E-state index in [4.69, 9.17) is 23.2 Å². The minimum Gasteiger partial charge on any atom is -0.361 e. The fourth-order valence-electron chi connectivity index (χ4n) is 3.65. The van der Waals surface area contributed by atoms with Crippen LogP contribution in [0.15, 0.2) is 73.1 Å². The van der Waals surface area contributed by atoms with Crippen molar-refractivity contribution in [2.45, 2.75) is 18.8 Å². The highest BCUT2D eigenvalue weighted by atomic mass is 35.5. The molecule has 4 rings (SSSR count). The van der Waals surface area contributed by atoms with Crippen LogP contribution in [-0.4, -0.2) is 22.4 Å². The molecule has 0 aliphatic carbocycles. The van der Waals surface area contributed by atoms with E-state index in [-0.39, 0.29) is 11.8 Å². The van der Waals surface area contributed by atoms with Gasteiger partial charge in [0.2, 0.25) is 5.91 Å². The first-order valence-electron chi connectivity index (χ1n) is 9.79. The third-order valence-electron chi connectivity index (χ3n) is 5.16. The number of aromatic nitrogens is 2. The number of benzene rings is 2. The number of carbonyl (C=O) groups excluding carboxylic acids is 1. The maximum atomic E-state index is 12.8. The van der Waals surface area contributed by atoms with Crippen LogP contribution >= 0.6 is 23.2 Å². The number of para-hydroxylation sites is 1. The van der Waals surface area contributed by atoms with E-state index >= 15 is 0 Å². The van der Waals surface area contributed by atoms with Gasteiger partial charge in [0.1, 0.15) is 0 Å². The van der Waals surface area contributed by atoms with Gasteiger partial charge in [-0.05, 0) is 41.5 Å². The molecule has 0 saturated carbocycles. The SMILES string of the molecule is O=C(C[C@@H](c1ccc(Cl)c(Cl)c1)c1c[nH]c2ccccc12)NCCc1ccccn1. The summed E-state index contributed by atoms with van der Waals surface area (Å²) in [4.78, 5) is 20.4. The molecule has 0 unspecified atom stereocenters. The fraction of sp³-hybridized carbons (Fsp3) is 0.167. The molecule has 0 fully saturated rings. The van der Waals surface area contributed by atoms with Crippen LogP contribution in [0.25, 0.3) is 10.9 Å². The smallest absolute Gasteiger partial charge is 0.220 e. The summed E-state index contributed by atoms with van der Waals surface area (Å²) >= 11 is 12.4. The topological polar surface area (TPSA) is 57.8 Å². The van der Waals surface area contributed by atoms with E-state index < -0.39 is 0 Å². The van der Waals surface area contributed by atoms with E-state index in [1.165, 1.54) is 0 Å². The predicted molar refractivity (Wildman–Crippen MR) is 122 cm³/mol. The molecule has 0 radical (unpaired) electrons. The normalized spacial score (nSPS) is 12.1. The average molecular weight is 438 g/mol. The van der Waals surface area contributed by atoms with Crippen LogP contribution in [0.2, 0.25) is 10.0 Å². The Morgan fingerprint density at radius 1 is 1.03 bits per heavy atom. The van der Waals surface area contributed by atoms with Crippen LogP contribution in [0.1, 0.15) is 29.2 Å². The largest absolute Gasteiger partial charge is 0.361 e. The number of fused-ring (bicyclic) bond motifs is 1. The second-order valence-electron chi connectivity index (χ2n) is 7.14. The molecular weight excluding hydrogens is 417 g/mol.